The monoisotopic (exact) mass is 424 g/mol. The summed E-state index contributed by atoms with van der Waals surface area (Å²) in [6.45, 7) is 16.1. The number of hydrogen-bond donors (Lipinski definition) is 0. The van der Waals surface area contributed by atoms with Gasteiger partial charge in [0, 0.05) is 24.9 Å². The molecule has 6 heteroatoms. The molecule has 2 fully saturated rings. The van der Waals surface area contributed by atoms with Crippen molar-refractivity contribution in [3.63, 3.8) is 0 Å². The van der Waals surface area contributed by atoms with Gasteiger partial charge in [0.1, 0.15) is 0 Å². The molecule has 3 rings (SSSR count). The first-order valence-corrected chi connectivity index (χ1v) is 11.5. The smallest absolute Gasteiger partial charge is 0.399 e. The third-order valence-corrected chi connectivity index (χ3v) is 7.27. The lowest BCUT2D eigenvalue weighted by Crippen LogP contribution is -2.41. The SMILES string of the molecule is C=CN(C(=O)C1=C(C)C(=NC)/C(=C\C)C(B2OC(C)(C)C(C)(C)O2)=C1)C1CCCCC1. The van der Waals surface area contributed by atoms with E-state index in [4.69, 9.17) is 9.31 Å². The highest BCUT2D eigenvalue weighted by Crippen LogP contribution is 2.42. The molecule has 1 heterocycles. The molecule has 168 valence electrons. The predicted octanol–water partition coefficient (Wildman–Crippen LogP) is 5.20. The molecule has 1 saturated carbocycles. The summed E-state index contributed by atoms with van der Waals surface area (Å²) >= 11 is 0. The fourth-order valence-corrected chi connectivity index (χ4v) is 4.68. The molecule has 0 aromatic rings. The molecule has 1 saturated heterocycles. The molecule has 1 aliphatic heterocycles. The Balaban J connectivity index is 2.04. The minimum absolute atomic E-state index is 0.0234. The molecule has 0 spiro atoms. The van der Waals surface area contributed by atoms with Crippen LogP contribution in [0.5, 0.6) is 0 Å². The van der Waals surface area contributed by atoms with Gasteiger partial charge in [-0.25, -0.2) is 0 Å². The normalized spacial score (nSPS) is 26.4. The second kappa shape index (κ2) is 8.91. The number of amides is 1. The van der Waals surface area contributed by atoms with Crippen molar-refractivity contribution in [2.24, 2.45) is 4.99 Å². The molecule has 0 bridgehead atoms. The Kier molecular flexibility index (Phi) is 6.82. The maximum Gasteiger partial charge on any atom is 0.495 e. The average Bonchev–Trinajstić information content (AvgIpc) is 2.95. The molecule has 0 aromatic carbocycles. The van der Waals surface area contributed by atoms with E-state index in [0.717, 1.165) is 48.0 Å². The van der Waals surface area contributed by atoms with E-state index in [1.54, 1.807) is 13.2 Å². The zero-order valence-electron chi connectivity index (χ0n) is 20.2. The Morgan fingerprint density at radius 2 is 1.77 bits per heavy atom. The second-order valence-electron chi connectivity index (χ2n) is 9.69. The van der Waals surface area contributed by atoms with Crippen LogP contribution in [0.3, 0.4) is 0 Å². The first-order chi connectivity index (χ1) is 14.6. The van der Waals surface area contributed by atoms with Crippen molar-refractivity contribution in [1.29, 1.82) is 0 Å². The summed E-state index contributed by atoms with van der Waals surface area (Å²) in [4.78, 5) is 20.1. The molecule has 0 unspecified atom stereocenters. The number of allylic oxidation sites excluding steroid dienone is 4. The predicted molar refractivity (Wildman–Crippen MR) is 128 cm³/mol. The number of carbonyl (C=O) groups is 1. The second-order valence-corrected chi connectivity index (χ2v) is 9.69. The van der Waals surface area contributed by atoms with Gasteiger partial charge in [0.05, 0.1) is 16.9 Å². The van der Waals surface area contributed by atoms with E-state index in [2.05, 4.69) is 11.6 Å². The van der Waals surface area contributed by atoms with Crippen molar-refractivity contribution in [2.75, 3.05) is 7.05 Å². The largest absolute Gasteiger partial charge is 0.495 e. The van der Waals surface area contributed by atoms with Crippen molar-refractivity contribution in [1.82, 2.24) is 4.90 Å². The van der Waals surface area contributed by atoms with Gasteiger partial charge in [-0.2, -0.15) is 0 Å². The van der Waals surface area contributed by atoms with Gasteiger partial charge < -0.3 is 14.2 Å². The fraction of sp³-hybridized carbons (Fsp3) is 0.600. The lowest BCUT2D eigenvalue weighted by Gasteiger charge is -2.33. The molecule has 3 aliphatic rings. The molecule has 0 radical (unpaired) electrons. The van der Waals surface area contributed by atoms with Gasteiger partial charge in [0.15, 0.2) is 0 Å². The maximum atomic E-state index is 13.7. The van der Waals surface area contributed by atoms with E-state index in [1.165, 1.54) is 6.42 Å². The molecule has 5 nitrogen and oxygen atoms in total. The Morgan fingerprint density at radius 1 is 1.19 bits per heavy atom. The van der Waals surface area contributed by atoms with E-state index in [-0.39, 0.29) is 11.9 Å². The lowest BCUT2D eigenvalue weighted by molar-refractivity contribution is -0.126. The van der Waals surface area contributed by atoms with Gasteiger partial charge in [-0.15, -0.1) is 0 Å². The summed E-state index contributed by atoms with van der Waals surface area (Å²) in [6.07, 6.45) is 11.2. The van der Waals surface area contributed by atoms with Gasteiger partial charge in [-0.05, 0) is 77.1 Å². The first-order valence-electron chi connectivity index (χ1n) is 11.5. The topological polar surface area (TPSA) is 51.1 Å². The van der Waals surface area contributed by atoms with Crippen LogP contribution in [0.2, 0.25) is 0 Å². The lowest BCUT2D eigenvalue weighted by atomic mass is 9.67. The quantitative estimate of drug-likeness (QED) is 0.583. The zero-order chi connectivity index (χ0) is 23.0. The fourth-order valence-electron chi connectivity index (χ4n) is 4.68. The van der Waals surface area contributed by atoms with E-state index in [1.807, 2.05) is 58.6 Å². The Labute approximate surface area is 188 Å². The molecule has 0 atom stereocenters. The minimum Gasteiger partial charge on any atom is -0.399 e. The summed E-state index contributed by atoms with van der Waals surface area (Å²) in [6, 6.07) is 0.206. The van der Waals surface area contributed by atoms with E-state index in [0.29, 0.717) is 5.57 Å². The van der Waals surface area contributed by atoms with Crippen LogP contribution in [0.15, 0.2) is 52.1 Å². The van der Waals surface area contributed by atoms with E-state index < -0.39 is 18.3 Å². The van der Waals surface area contributed by atoms with Crippen LogP contribution >= 0.6 is 0 Å². The van der Waals surface area contributed by atoms with Crippen LogP contribution in [-0.2, 0) is 14.1 Å². The van der Waals surface area contributed by atoms with E-state index in [9.17, 15) is 4.79 Å². The van der Waals surface area contributed by atoms with E-state index >= 15 is 0 Å². The van der Waals surface area contributed by atoms with Crippen LogP contribution in [0.4, 0.5) is 0 Å². The van der Waals surface area contributed by atoms with Gasteiger partial charge in [0.25, 0.3) is 5.91 Å². The van der Waals surface area contributed by atoms with Gasteiger partial charge >= 0.3 is 7.12 Å². The molecular weight excluding hydrogens is 387 g/mol. The Hall–Kier alpha value is -1.92. The number of hydrogen-bond acceptors (Lipinski definition) is 4. The third kappa shape index (κ3) is 4.25. The van der Waals surface area contributed by atoms with Crippen molar-refractivity contribution in [3.8, 4) is 0 Å². The van der Waals surface area contributed by atoms with Crippen molar-refractivity contribution in [3.05, 3.63) is 47.1 Å². The molecule has 0 aromatic heterocycles. The molecule has 1 amide bonds. The first kappa shape index (κ1) is 23.7. The van der Waals surface area contributed by atoms with Crippen molar-refractivity contribution >= 4 is 18.7 Å². The van der Waals surface area contributed by atoms with Crippen LogP contribution < -0.4 is 0 Å². The summed E-state index contributed by atoms with van der Waals surface area (Å²) in [5.41, 5.74) is 3.21. The molecule has 2 aliphatic carbocycles. The maximum absolute atomic E-state index is 13.7. The number of rotatable bonds is 4. The standard InChI is InChI=1S/C25H37BN2O3/c1-9-19-21(26-30-24(4,5)25(6,7)31-26)16-20(17(3)22(19)27-8)23(29)28(10-2)18-14-12-11-13-15-18/h9-10,16,18H,2,11-15H2,1,3-8H3/b19-9-,27-22?. The molecule has 31 heavy (non-hydrogen) atoms. The summed E-state index contributed by atoms with van der Waals surface area (Å²) in [7, 11) is 1.21. The van der Waals surface area contributed by atoms with Crippen molar-refractivity contribution < 1.29 is 14.1 Å². The van der Waals surface area contributed by atoms with Gasteiger partial charge in [-0.3, -0.25) is 9.79 Å². The van der Waals surface area contributed by atoms with Gasteiger partial charge in [-0.1, -0.05) is 31.9 Å². The number of aliphatic imine (C=N–C) groups is 1. The van der Waals surface area contributed by atoms with Gasteiger partial charge in [0.2, 0.25) is 0 Å². The zero-order valence-corrected chi connectivity index (χ0v) is 20.2. The van der Waals surface area contributed by atoms with Crippen LogP contribution in [0, 0.1) is 0 Å². The van der Waals surface area contributed by atoms with Crippen molar-refractivity contribution in [2.45, 2.75) is 90.9 Å². The Morgan fingerprint density at radius 3 is 2.26 bits per heavy atom. The average molecular weight is 424 g/mol. The minimum atomic E-state index is -0.560. The Bertz CT molecular complexity index is 857. The third-order valence-electron chi connectivity index (χ3n) is 7.27. The number of carbonyl (C=O) groups excluding carboxylic acids is 1. The summed E-state index contributed by atoms with van der Waals surface area (Å²) < 4.78 is 12.7. The molecular formula is C25H37BN2O3. The highest BCUT2D eigenvalue weighted by molar-refractivity contribution is 6.58. The molecule has 0 N–H and O–H groups in total. The van der Waals surface area contributed by atoms with Crippen LogP contribution in [0.25, 0.3) is 0 Å². The van der Waals surface area contributed by atoms with Crippen LogP contribution in [0.1, 0.15) is 73.6 Å². The summed E-state index contributed by atoms with van der Waals surface area (Å²) in [5, 5.41) is 0. The summed E-state index contributed by atoms with van der Waals surface area (Å²) in [5.74, 6) is -0.0234. The number of nitrogens with zero attached hydrogens (tertiary/aromatic N) is 2. The highest BCUT2D eigenvalue weighted by atomic mass is 16.7. The highest BCUT2D eigenvalue weighted by Gasteiger charge is 2.53. The van der Waals surface area contributed by atoms with Crippen LogP contribution in [-0.4, -0.2) is 47.9 Å².